The molecule has 4 heterocycles. The Bertz CT molecular complexity index is 780. The zero-order chi connectivity index (χ0) is 18.4. The van der Waals surface area contributed by atoms with Gasteiger partial charge in [0, 0.05) is 33.7 Å². The Balaban J connectivity index is 1.54. The first-order valence-corrected chi connectivity index (χ1v) is 9.04. The molecule has 0 bridgehead atoms. The number of imidazole rings is 1. The highest BCUT2D eigenvalue weighted by Gasteiger charge is 2.52. The number of rotatable bonds is 4. The van der Waals surface area contributed by atoms with Crippen molar-refractivity contribution in [2.75, 3.05) is 46.9 Å². The second kappa shape index (κ2) is 6.48. The van der Waals surface area contributed by atoms with Gasteiger partial charge < -0.3 is 4.74 Å². The molecule has 0 aliphatic carbocycles. The zero-order valence-corrected chi connectivity index (χ0v) is 15.5. The number of nitrogens with zero attached hydrogens (tertiary/aromatic N) is 6. The molecule has 1 aromatic rings. The van der Waals surface area contributed by atoms with E-state index in [4.69, 9.17) is 4.74 Å². The number of aliphatic imine (C=N–C) groups is 1. The van der Waals surface area contributed by atoms with Crippen LogP contribution in [0.25, 0.3) is 0 Å². The summed E-state index contributed by atoms with van der Waals surface area (Å²) in [6, 6.07) is -0.886. The van der Waals surface area contributed by atoms with Crippen LogP contribution in [0.4, 0.5) is 10.7 Å². The summed E-state index contributed by atoms with van der Waals surface area (Å²) in [5.41, 5.74) is 1.07. The number of hydrogen-bond donors (Lipinski definition) is 0. The monoisotopic (exact) mass is 361 g/mol. The van der Waals surface area contributed by atoms with Crippen molar-refractivity contribution in [2.45, 2.75) is 25.9 Å². The van der Waals surface area contributed by atoms with Crippen molar-refractivity contribution >= 4 is 23.7 Å². The lowest BCUT2D eigenvalue weighted by molar-refractivity contribution is -0.677. The van der Waals surface area contributed by atoms with Crippen molar-refractivity contribution in [3.8, 4) is 0 Å². The van der Waals surface area contributed by atoms with Crippen LogP contribution in [-0.2, 0) is 16.1 Å². The maximum absolute atomic E-state index is 12.6. The molecule has 2 saturated heterocycles. The number of aryl methyl sites for hydroxylation is 1. The molecule has 26 heavy (non-hydrogen) atoms. The van der Waals surface area contributed by atoms with E-state index in [2.05, 4.69) is 14.5 Å². The summed E-state index contributed by atoms with van der Waals surface area (Å²) in [6.45, 7) is 7.45. The van der Waals surface area contributed by atoms with E-state index in [9.17, 15) is 9.59 Å². The topological polar surface area (TPSA) is 74.3 Å². The van der Waals surface area contributed by atoms with Gasteiger partial charge in [0.1, 0.15) is 11.9 Å². The van der Waals surface area contributed by atoms with E-state index in [0.717, 1.165) is 62.4 Å². The molecular formula is C17H25N6O3+. The number of carbonyl (C=O) groups excluding carboxylic acids is 2. The van der Waals surface area contributed by atoms with E-state index < -0.39 is 6.04 Å². The Morgan fingerprint density at radius 2 is 1.92 bits per heavy atom. The quantitative estimate of drug-likeness (QED) is 0.703. The number of urea groups is 1. The van der Waals surface area contributed by atoms with Crippen LogP contribution in [0.1, 0.15) is 18.2 Å². The summed E-state index contributed by atoms with van der Waals surface area (Å²) in [7, 11) is 3.18. The van der Waals surface area contributed by atoms with Crippen LogP contribution in [-0.4, -0.2) is 84.0 Å². The number of carbonyl (C=O) groups is 2. The van der Waals surface area contributed by atoms with Crippen LogP contribution < -0.4 is 4.57 Å². The van der Waals surface area contributed by atoms with E-state index in [1.165, 1.54) is 11.9 Å². The van der Waals surface area contributed by atoms with Gasteiger partial charge >= 0.3 is 12.0 Å². The Morgan fingerprint density at radius 3 is 2.65 bits per heavy atom. The zero-order valence-electron chi connectivity index (χ0n) is 15.5. The minimum Gasteiger partial charge on any atom is -0.379 e. The molecule has 3 amide bonds. The molecule has 3 aliphatic rings. The van der Waals surface area contributed by atoms with Gasteiger partial charge in [0.05, 0.1) is 19.8 Å². The van der Waals surface area contributed by atoms with Crippen LogP contribution in [0.3, 0.4) is 0 Å². The first-order valence-electron chi connectivity index (χ1n) is 9.04. The molecule has 4 rings (SSSR count). The number of amides is 3. The summed E-state index contributed by atoms with van der Waals surface area (Å²) < 4.78 is 9.41. The summed E-state index contributed by atoms with van der Waals surface area (Å²) >= 11 is 0. The lowest BCUT2D eigenvalue weighted by Gasteiger charge is -2.30. The number of hydrogen-bond acceptors (Lipinski definition) is 5. The van der Waals surface area contributed by atoms with Gasteiger partial charge in [-0.1, -0.05) is 4.99 Å². The number of amidine groups is 1. The molecule has 0 spiro atoms. The Kier molecular flexibility index (Phi) is 4.28. The van der Waals surface area contributed by atoms with Crippen molar-refractivity contribution < 1.29 is 18.9 Å². The predicted octanol–water partition coefficient (Wildman–Crippen LogP) is -0.0852. The average molecular weight is 361 g/mol. The minimum absolute atomic E-state index is 0.235. The van der Waals surface area contributed by atoms with Gasteiger partial charge in [-0.2, -0.15) is 0 Å². The third-order valence-corrected chi connectivity index (χ3v) is 5.40. The molecule has 0 saturated carbocycles. The first kappa shape index (κ1) is 17.2. The van der Waals surface area contributed by atoms with Gasteiger partial charge in [-0.25, -0.2) is 13.9 Å². The minimum atomic E-state index is -0.545. The molecule has 1 aromatic heterocycles. The molecule has 0 aromatic carbocycles. The van der Waals surface area contributed by atoms with E-state index in [-0.39, 0.29) is 11.9 Å². The normalized spacial score (nSPS) is 23.3. The molecule has 140 valence electrons. The molecule has 3 aliphatic heterocycles. The van der Waals surface area contributed by atoms with E-state index >= 15 is 0 Å². The van der Waals surface area contributed by atoms with Crippen LogP contribution in [0.2, 0.25) is 0 Å². The van der Waals surface area contributed by atoms with Crippen LogP contribution >= 0.6 is 0 Å². The van der Waals surface area contributed by atoms with Crippen LogP contribution in [0, 0.1) is 6.92 Å². The summed E-state index contributed by atoms with van der Waals surface area (Å²) in [6.07, 6.45) is 2.96. The number of imide groups is 1. The highest BCUT2D eigenvalue weighted by molar-refractivity contribution is 6.18. The van der Waals surface area contributed by atoms with Crippen molar-refractivity contribution in [1.82, 2.24) is 19.3 Å². The highest BCUT2D eigenvalue weighted by atomic mass is 16.5. The second-order valence-electron chi connectivity index (χ2n) is 7.05. The van der Waals surface area contributed by atoms with Gasteiger partial charge in [0.2, 0.25) is 11.9 Å². The Morgan fingerprint density at radius 1 is 1.19 bits per heavy atom. The largest absolute Gasteiger partial charge is 0.401 e. The SMILES string of the molecule is Cc1c[n+]2c(n1CCCN1CCOCC1)N=C1C2C(=O)N(C)C(=O)N1C. The van der Waals surface area contributed by atoms with Crippen LogP contribution in [0.15, 0.2) is 11.2 Å². The van der Waals surface area contributed by atoms with Crippen molar-refractivity contribution in [1.29, 1.82) is 0 Å². The highest BCUT2D eigenvalue weighted by Crippen LogP contribution is 2.28. The number of aromatic nitrogens is 2. The maximum Gasteiger partial charge on any atom is 0.401 e. The number of ether oxygens (including phenoxy) is 1. The number of likely N-dealkylation sites (N-methyl/N-ethyl adjacent to an activating group) is 2. The van der Waals surface area contributed by atoms with Gasteiger partial charge in [0.15, 0.2) is 0 Å². The third-order valence-electron chi connectivity index (χ3n) is 5.40. The molecule has 9 heteroatoms. The smallest absolute Gasteiger partial charge is 0.379 e. The third kappa shape index (κ3) is 2.62. The molecule has 9 nitrogen and oxygen atoms in total. The van der Waals surface area contributed by atoms with Crippen molar-refractivity contribution in [3.05, 3.63) is 11.9 Å². The summed E-state index contributed by atoms with van der Waals surface area (Å²) in [5, 5.41) is 0. The lowest BCUT2D eigenvalue weighted by Crippen LogP contribution is -2.61. The average Bonchev–Trinajstić information content (AvgIpc) is 3.15. The standard InChI is InChI=1S/C17H25N6O3/c1-12-11-23-13-14(19(2)17(25)20(3)15(13)24)18-16(23)22(12)6-4-5-21-7-9-26-10-8-21/h11,13H,4-10H2,1-3H3/q+1. The maximum atomic E-state index is 12.6. The Hall–Kier alpha value is -2.26. The summed E-state index contributed by atoms with van der Waals surface area (Å²) in [5.74, 6) is 1.02. The van der Waals surface area contributed by atoms with Gasteiger partial charge in [0.25, 0.3) is 5.91 Å². The Labute approximate surface area is 152 Å². The first-order chi connectivity index (χ1) is 12.5. The second-order valence-corrected chi connectivity index (χ2v) is 7.05. The fraction of sp³-hybridized carbons (Fsp3) is 0.647. The molecule has 1 unspecified atom stereocenters. The molecule has 0 radical (unpaired) electrons. The van der Waals surface area contributed by atoms with Gasteiger partial charge in [-0.15, -0.1) is 0 Å². The van der Waals surface area contributed by atoms with Crippen molar-refractivity contribution in [3.63, 3.8) is 0 Å². The van der Waals surface area contributed by atoms with E-state index in [0.29, 0.717) is 5.84 Å². The fourth-order valence-electron chi connectivity index (χ4n) is 3.86. The molecule has 2 fully saturated rings. The molecule has 0 N–H and O–H groups in total. The summed E-state index contributed by atoms with van der Waals surface area (Å²) in [4.78, 5) is 34.5. The van der Waals surface area contributed by atoms with Gasteiger partial charge in [-0.3, -0.25) is 19.5 Å². The fourth-order valence-corrected chi connectivity index (χ4v) is 3.86. The number of morpholine rings is 1. The van der Waals surface area contributed by atoms with E-state index in [1.807, 2.05) is 17.7 Å². The van der Waals surface area contributed by atoms with E-state index in [1.54, 1.807) is 7.05 Å². The number of fused-ring (bicyclic) bond motifs is 3. The molecule has 1 atom stereocenters. The lowest BCUT2D eigenvalue weighted by atomic mass is 10.2. The molecular weight excluding hydrogens is 336 g/mol. The van der Waals surface area contributed by atoms with Crippen molar-refractivity contribution in [2.24, 2.45) is 4.99 Å². The van der Waals surface area contributed by atoms with Gasteiger partial charge in [-0.05, 0) is 13.3 Å². The predicted molar refractivity (Wildman–Crippen MR) is 93.3 cm³/mol. The van der Waals surface area contributed by atoms with Crippen LogP contribution in [0.5, 0.6) is 0 Å².